The first-order valence-electron chi connectivity index (χ1n) is 19.5. The Bertz CT molecular complexity index is 2950. The van der Waals surface area contributed by atoms with Crippen molar-refractivity contribution in [2.24, 2.45) is 0 Å². The molecule has 0 aliphatic carbocycles. The second kappa shape index (κ2) is 18.4. The number of anilines is 3. The summed E-state index contributed by atoms with van der Waals surface area (Å²) in [6, 6.07) is 0. The number of nitrogen functional groups attached to an aromatic ring is 3. The second-order valence-corrected chi connectivity index (χ2v) is 23.0. The SMILES string of the molecule is Nc1ncnc2c1ncn2[C@@H]1O[C@H](COP(O)(=S)O[C@@H]2[C@H](O)[C@@H](COP(=O)(O)O[C@@H]3[C@H](O)[C@@H](CCP(O)(O)=S)O[C@H]3n3cnc4c(N)ncnc43)O[C@H]2n2cnc3c(N)ncnc32)[C@@H](O)[C@H]1O. The molecule has 14 atom stereocenters. The summed E-state index contributed by atoms with van der Waals surface area (Å²) in [6.45, 7) is -9.83. The molecule has 67 heavy (non-hydrogen) atoms. The summed E-state index contributed by atoms with van der Waals surface area (Å²) < 4.78 is 57.8. The molecule has 31 nitrogen and oxygen atoms in total. The number of nitrogens with two attached hydrogens (primary N) is 3. The number of hydrogen-bond donors (Lipinski definition) is 11. The van der Waals surface area contributed by atoms with Crippen LogP contribution in [-0.2, 0) is 60.5 Å². The van der Waals surface area contributed by atoms with Crippen LogP contribution in [0.4, 0.5) is 17.5 Å². The summed E-state index contributed by atoms with van der Waals surface area (Å²) in [5, 5.41) is 44.9. The normalized spacial score (nSPS) is 31.0. The zero-order chi connectivity index (χ0) is 47.7. The Balaban J connectivity index is 0.918. The van der Waals surface area contributed by atoms with Gasteiger partial charge in [-0.25, -0.2) is 49.4 Å². The summed E-state index contributed by atoms with van der Waals surface area (Å²) in [5.41, 5.74) is 18.6. The Morgan fingerprint density at radius 3 is 1.49 bits per heavy atom. The van der Waals surface area contributed by atoms with Gasteiger partial charge in [-0.3, -0.25) is 27.3 Å². The van der Waals surface area contributed by atoms with E-state index in [0.717, 1.165) is 12.7 Å². The maximum atomic E-state index is 13.7. The van der Waals surface area contributed by atoms with Gasteiger partial charge in [0.1, 0.15) is 84.4 Å². The summed E-state index contributed by atoms with van der Waals surface area (Å²) in [5.74, 6) is 0.0261. The van der Waals surface area contributed by atoms with Crippen LogP contribution in [0.3, 0.4) is 0 Å². The molecule has 36 heteroatoms. The molecular weight excluding hydrogens is 995 g/mol. The molecule has 14 N–H and O–H groups in total. The first kappa shape index (κ1) is 48.0. The molecule has 0 saturated carbocycles. The minimum atomic E-state index is -5.30. The van der Waals surface area contributed by atoms with Crippen LogP contribution in [0.25, 0.3) is 33.5 Å². The van der Waals surface area contributed by atoms with Crippen molar-refractivity contribution >= 4 is 95.6 Å². The number of aromatic nitrogens is 12. The fraction of sp³-hybridized carbons (Fsp3) is 0.516. The van der Waals surface area contributed by atoms with Crippen LogP contribution in [-0.4, -0.2) is 173 Å². The third-order valence-corrected chi connectivity index (χ3v) is 14.9. The van der Waals surface area contributed by atoms with Gasteiger partial charge in [0, 0.05) is 6.16 Å². The molecule has 0 amide bonds. The number of imidazole rings is 3. The molecule has 3 aliphatic heterocycles. The van der Waals surface area contributed by atoms with E-state index in [1.165, 1.54) is 39.0 Å². The summed E-state index contributed by atoms with van der Waals surface area (Å²) >= 11 is 10.0. The fourth-order valence-electron chi connectivity index (χ4n) is 7.75. The average Bonchev–Trinajstić information content (AvgIpc) is 4.13. The Hall–Kier alpha value is -4.02. The minimum absolute atomic E-state index is 0.00910. The number of phosphoric ester groups is 1. The molecule has 3 fully saturated rings. The average molecular weight is 1040 g/mol. The van der Waals surface area contributed by atoms with Gasteiger partial charge >= 0.3 is 14.5 Å². The zero-order valence-corrected chi connectivity index (χ0v) is 38.1. The highest BCUT2D eigenvalue weighted by Gasteiger charge is 2.53. The second-order valence-electron chi connectivity index (χ2n) is 15.3. The molecule has 6 aromatic rings. The maximum absolute atomic E-state index is 13.7. The molecule has 3 saturated heterocycles. The van der Waals surface area contributed by atoms with Crippen LogP contribution in [0.15, 0.2) is 38.0 Å². The van der Waals surface area contributed by atoms with Crippen LogP contribution >= 0.6 is 21.0 Å². The number of rotatable bonds is 16. The van der Waals surface area contributed by atoms with Crippen molar-refractivity contribution in [1.82, 2.24) is 58.6 Å². The van der Waals surface area contributed by atoms with E-state index in [1.54, 1.807) is 0 Å². The molecule has 0 aromatic carbocycles. The standard InChI is InChI=1S/C31H40N15O16P3S2/c32-23-14-26(38-5-35-23)44(8-41-14)29-20(50)17(47)12(59-29)4-57-65(55,67)62-22-19(49)13(60-31(22)46-10-43-16-25(34)37-7-40-28(16)46)3-56-64(53,54)61-21-18(48)11(1-2-63(51,52)66)58-30(21)45-9-42-15-24(33)36-6-39-27(15)45/h5-13,17-22,29-31,47-50H,1-4H2,(H,53,54)(H,55,67)(H2,32,35,38)(H2,33,36,39)(H2,34,37,40)(H2,51,52,66)/t11-,12-,13-,17-,18-,19-,20-,21-,22-,29-,30-,31-,65?/m1/s1. The highest BCUT2D eigenvalue weighted by Crippen LogP contribution is 2.53. The number of ether oxygens (including phenoxy) is 3. The van der Waals surface area contributed by atoms with Crippen LogP contribution < -0.4 is 17.2 Å². The summed E-state index contributed by atoms with van der Waals surface area (Å²) in [6.07, 6.45) is -11.8. The Morgan fingerprint density at radius 2 is 0.985 bits per heavy atom. The zero-order valence-electron chi connectivity index (χ0n) is 33.8. The number of phosphoric acid groups is 1. The van der Waals surface area contributed by atoms with E-state index in [4.69, 9.17) is 73.1 Å². The van der Waals surface area contributed by atoms with E-state index >= 15 is 0 Å². The van der Waals surface area contributed by atoms with Crippen LogP contribution in [0.1, 0.15) is 25.1 Å². The lowest BCUT2D eigenvalue weighted by molar-refractivity contribution is -0.0611. The molecule has 0 spiro atoms. The first-order valence-corrected chi connectivity index (χ1v) is 26.5. The number of nitrogens with zero attached hydrogens (tertiary/aromatic N) is 12. The van der Waals surface area contributed by atoms with Crippen molar-refractivity contribution in [1.29, 1.82) is 0 Å². The smallest absolute Gasteiger partial charge is 0.387 e. The third kappa shape index (κ3) is 9.53. The lowest BCUT2D eigenvalue weighted by atomic mass is 10.1. The van der Waals surface area contributed by atoms with Crippen molar-refractivity contribution in [3.63, 3.8) is 0 Å². The molecule has 0 radical (unpaired) electrons. The van der Waals surface area contributed by atoms with Crippen molar-refractivity contribution in [2.75, 3.05) is 36.6 Å². The van der Waals surface area contributed by atoms with E-state index in [1.807, 2.05) is 0 Å². The van der Waals surface area contributed by atoms with Gasteiger partial charge in [0.2, 0.25) is 0 Å². The number of hydrogen-bond acceptors (Lipinski definition) is 26. The molecule has 2 unspecified atom stereocenters. The van der Waals surface area contributed by atoms with Gasteiger partial charge in [-0.1, -0.05) is 0 Å². The van der Waals surface area contributed by atoms with E-state index in [-0.39, 0.29) is 63.5 Å². The van der Waals surface area contributed by atoms with Crippen LogP contribution in [0.5, 0.6) is 0 Å². The van der Waals surface area contributed by atoms with Gasteiger partial charge in [-0.2, -0.15) is 0 Å². The number of aliphatic hydroxyl groups excluding tert-OH is 4. The van der Waals surface area contributed by atoms with Crippen molar-refractivity contribution in [3.8, 4) is 0 Å². The lowest BCUT2D eigenvalue weighted by Crippen LogP contribution is -2.36. The van der Waals surface area contributed by atoms with Gasteiger partial charge < -0.3 is 75.9 Å². The Labute approximate surface area is 384 Å². The lowest BCUT2D eigenvalue weighted by Gasteiger charge is -2.27. The Kier molecular flexibility index (Phi) is 13.2. The van der Waals surface area contributed by atoms with Gasteiger partial charge in [0.15, 0.2) is 59.6 Å². The molecule has 9 heterocycles. The molecular formula is C31H40N15O16P3S2. The van der Waals surface area contributed by atoms with E-state index in [0.29, 0.717) is 0 Å². The fourth-order valence-corrected chi connectivity index (χ4v) is 11.0. The number of fused-ring (bicyclic) bond motifs is 3. The van der Waals surface area contributed by atoms with Crippen molar-refractivity contribution < 1.29 is 76.9 Å². The quantitative estimate of drug-likeness (QED) is 0.0436. The highest BCUT2D eigenvalue weighted by molar-refractivity contribution is 8.09. The Morgan fingerprint density at radius 1 is 0.567 bits per heavy atom. The predicted octanol–water partition coefficient (Wildman–Crippen LogP) is -2.81. The minimum Gasteiger partial charge on any atom is -0.387 e. The highest BCUT2D eigenvalue weighted by atomic mass is 32.5. The van der Waals surface area contributed by atoms with Gasteiger partial charge in [-0.15, -0.1) is 0 Å². The van der Waals surface area contributed by atoms with E-state index in [9.17, 15) is 44.6 Å². The molecule has 362 valence electrons. The molecule has 6 aromatic heterocycles. The molecule has 3 aliphatic rings. The predicted molar refractivity (Wildman–Crippen MR) is 231 cm³/mol. The first-order chi connectivity index (χ1) is 31.7. The largest absolute Gasteiger partial charge is 0.472 e. The molecule has 0 bridgehead atoms. The van der Waals surface area contributed by atoms with Crippen LogP contribution in [0.2, 0.25) is 0 Å². The van der Waals surface area contributed by atoms with Crippen molar-refractivity contribution in [3.05, 3.63) is 38.0 Å². The van der Waals surface area contributed by atoms with Crippen molar-refractivity contribution in [2.45, 2.75) is 80.0 Å². The summed E-state index contributed by atoms with van der Waals surface area (Å²) in [7, 11) is -5.30. The van der Waals surface area contributed by atoms with Crippen LogP contribution in [0, 0.1) is 0 Å². The van der Waals surface area contributed by atoms with Gasteiger partial charge in [-0.05, 0) is 30.0 Å². The maximum Gasteiger partial charge on any atom is 0.472 e. The van der Waals surface area contributed by atoms with E-state index < -0.39 is 108 Å². The van der Waals surface area contributed by atoms with E-state index in [2.05, 4.69) is 44.9 Å². The molecule has 9 rings (SSSR count). The monoisotopic (exact) mass is 1040 g/mol. The van der Waals surface area contributed by atoms with Gasteiger partial charge in [0.25, 0.3) is 0 Å². The summed E-state index contributed by atoms with van der Waals surface area (Å²) in [4.78, 5) is 78.9. The number of aliphatic hydroxyl groups is 4. The van der Waals surface area contributed by atoms with Gasteiger partial charge in [0.05, 0.1) is 38.3 Å². The topological polar surface area (TPSA) is 452 Å². The third-order valence-electron chi connectivity index (χ3n) is 11.0.